The number of carboxylic acid groups (broad SMARTS) is 1. The van der Waals surface area contributed by atoms with E-state index in [0.717, 1.165) is 21.4 Å². The highest BCUT2D eigenvalue weighted by atomic mass is 79.9. The molecule has 1 unspecified atom stereocenters. The number of amides is 1. The van der Waals surface area contributed by atoms with Crippen LogP contribution in [0.25, 0.3) is 11.1 Å². The van der Waals surface area contributed by atoms with Crippen molar-refractivity contribution in [1.82, 2.24) is 0 Å². The van der Waals surface area contributed by atoms with Gasteiger partial charge >= 0.3 is 5.97 Å². The fraction of sp³-hybridized carbons (Fsp3) is 0.143. The van der Waals surface area contributed by atoms with Crippen molar-refractivity contribution in [2.24, 2.45) is 0 Å². The molecule has 1 atom stereocenters. The Hall–Kier alpha value is -2.71. The van der Waals surface area contributed by atoms with Gasteiger partial charge in [-0.15, -0.1) is 11.3 Å². The zero-order valence-corrected chi connectivity index (χ0v) is 17.6. The summed E-state index contributed by atoms with van der Waals surface area (Å²) in [7, 11) is 1.55. The van der Waals surface area contributed by atoms with Gasteiger partial charge in [-0.1, -0.05) is 28.1 Å². The standard InChI is InChI=1S/C21H15BrFNO4S/c1-28-15-6-5-11(22)8-13(15)14-9-16(25)24-18-17(10-3-2-4-12(23)7-10)20(21(26)27)29-19(14)18/h2-8,14H,9H2,1H3,(H,24,25)(H,26,27). The Morgan fingerprint density at radius 1 is 1.31 bits per heavy atom. The number of halogens is 2. The molecule has 8 heteroatoms. The van der Waals surface area contributed by atoms with Crippen LogP contribution >= 0.6 is 27.3 Å². The molecule has 0 aliphatic carbocycles. The fourth-order valence-electron chi connectivity index (χ4n) is 3.59. The molecule has 5 nitrogen and oxygen atoms in total. The number of hydrogen-bond donors (Lipinski definition) is 2. The van der Waals surface area contributed by atoms with Gasteiger partial charge in [-0.05, 0) is 35.9 Å². The SMILES string of the molecule is COc1ccc(Br)cc1C1CC(=O)Nc2c1sc(C(=O)O)c2-c1cccc(F)c1. The Balaban J connectivity index is 1.97. The van der Waals surface area contributed by atoms with E-state index in [2.05, 4.69) is 21.2 Å². The van der Waals surface area contributed by atoms with Gasteiger partial charge in [0.2, 0.25) is 5.91 Å². The number of carbonyl (C=O) groups is 2. The maximum atomic E-state index is 13.8. The van der Waals surface area contributed by atoms with Crippen molar-refractivity contribution >= 4 is 44.8 Å². The van der Waals surface area contributed by atoms with Gasteiger partial charge in [0, 0.05) is 32.8 Å². The van der Waals surface area contributed by atoms with Crippen molar-refractivity contribution in [3.05, 3.63) is 68.1 Å². The second-order valence-corrected chi connectivity index (χ2v) is 8.52. The first-order chi connectivity index (χ1) is 13.9. The summed E-state index contributed by atoms with van der Waals surface area (Å²) >= 11 is 4.54. The third kappa shape index (κ3) is 3.54. The van der Waals surface area contributed by atoms with Crippen molar-refractivity contribution in [3.8, 4) is 16.9 Å². The van der Waals surface area contributed by atoms with Gasteiger partial charge in [-0.2, -0.15) is 0 Å². The van der Waals surface area contributed by atoms with E-state index >= 15 is 0 Å². The van der Waals surface area contributed by atoms with E-state index in [1.165, 1.54) is 18.2 Å². The smallest absolute Gasteiger partial charge is 0.346 e. The molecule has 0 bridgehead atoms. The van der Waals surface area contributed by atoms with Crippen LogP contribution in [-0.2, 0) is 4.79 Å². The lowest BCUT2D eigenvalue weighted by Gasteiger charge is -2.25. The number of methoxy groups -OCH3 is 1. The molecule has 0 fully saturated rings. The normalized spacial score (nSPS) is 15.6. The average molecular weight is 476 g/mol. The van der Waals surface area contributed by atoms with Gasteiger partial charge in [0.1, 0.15) is 16.4 Å². The third-order valence-electron chi connectivity index (χ3n) is 4.78. The second-order valence-electron chi connectivity index (χ2n) is 6.55. The Kier molecular flexibility index (Phi) is 5.14. The number of aromatic carboxylic acids is 1. The summed E-state index contributed by atoms with van der Waals surface area (Å²) in [6.45, 7) is 0. The molecule has 1 aliphatic heterocycles. The summed E-state index contributed by atoms with van der Waals surface area (Å²) in [6.07, 6.45) is 0.155. The number of anilines is 1. The number of ether oxygens (including phenoxy) is 1. The van der Waals surface area contributed by atoms with Crippen LogP contribution in [0.5, 0.6) is 5.75 Å². The van der Waals surface area contributed by atoms with Gasteiger partial charge in [-0.25, -0.2) is 9.18 Å². The van der Waals surface area contributed by atoms with Crippen molar-refractivity contribution in [2.75, 3.05) is 12.4 Å². The van der Waals surface area contributed by atoms with Crippen LogP contribution in [0.1, 0.15) is 32.5 Å². The molecule has 4 rings (SSSR count). The molecule has 3 aromatic rings. The number of carbonyl (C=O) groups excluding carboxylic acids is 1. The van der Waals surface area contributed by atoms with Gasteiger partial charge < -0.3 is 15.2 Å². The molecule has 0 spiro atoms. The van der Waals surface area contributed by atoms with Gasteiger partial charge in [0.05, 0.1) is 12.8 Å². The predicted molar refractivity (Wildman–Crippen MR) is 112 cm³/mol. The average Bonchev–Trinajstić information content (AvgIpc) is 3.07. The summed E-state index contributed by atoms with van der Waals surface area (Å²) < 4.78 is 20.1. The molecular weight excluding hydrogens is 461 g/mol. The Labute approximate surface area is 178 Å². The van der Waals surface area contributed by atoms with Crippen LogP contribution in [0.15, 0.2) is 46.9 Å². The molecule has 29 heavy (non-hydrogen) atoms. The van der Waals surface area contributed by atoms with E-state index in [0.29, 0.717) is 27.4 Å². The summed E-state index contributed by atoms with van der Waals surface area (Å²) in [5, 5.41) is 12.6. The number of benzene rings is 2. The monoisotopic (exact) mass is 475 g/mol. The number of thiophene rings is 1. The van der Waals surface area contributed by atoms with Crippen LogP contribution < -0.4 is 10.1 Å². The Morgan fingerprint density at radius 2 is 2.10 bits per heavy atom. The maximum absolute atomic E-state index is 13.8. The topological polar surface area (TPSA) is 75.6 Å². The van der Waals surface area contributed by atoms with Crippen LogP contribution in [0, 0.1) is 5.82 Å². The largest absolute Gasteiger partial charge is 0.496 e. The second kappa shape index (κ2) is 7.61. The highest BCUT2D eigenvalue weighted by molar-refractivity contribution is 9.10. The number of nitrogens with one attached hydrogen (secondary N) is 1. The molecule has 1 aliphatic rings. The van der Waals surface area contributed by atoms with E-state index in [1.807, 2.05) is 12.1 Å². The van der Waals surface area contributed by atoms with Crippen LogP contribution in [0.4, 0.5) is 10.1 Å². The summed E-state index contributed by atoms with van der Waals surface area (Å²) in [5.41, 5.74) is 1.93. The summed E-state index contributed by atoms with van der Waals surface area (Å²) in [6, 6.07) is 11.2. The minimum atomic E-state index is -1.13. The third-order valence-corrected chi connectivity index (χ3v) is 6.57. The van der Waals surface area contributed by atoms with E-state index in [-0.39, 0.29) is 23.1 Å². The van der Waals surface area contributed by atoms with Crippen LogP contribution in [0.3, 0.4) is 0 Å². The van der Waals surface area contributed by atoms with Gasteiger partial charge in [0.15, 0.2) is 0 Å². The molecule has 0 saturated carbocycles. The lowest BCUT2D eigenvalue weighted by Crippen LogP contribution is -2.22. The zero-order chi connectivity index (χ0) is 20.7. The first kappa shape index (κ1) is 19.6. The van der Waals surface area contributed by atoms with E-state index < -0.39 is 11.8 Å². The lowest BCUT2D eigenvalue weighted by molar-refractivity contribution is -0.116. The van der Waals surface area contributed by atoms with Crippen molar-refractivity contribution in [1.29, 1.82) is 0 Å². The zero-order valence-electron chi connectivity index (χ0n) is 15.2. The quantitative estimate of drug-likeness (QED) is 0.522. The number of carboxylic acids is 1. The van der Waals surface area contributed by atoms with Crippen molar-refractivity contribution in [3.63, 3.8) is 0 Å². The molecule has 0 saturated heterocycles. The molecule has 0 radical (unpaired) electrons. The number of hydrogen-bond acceptors (Lipinski definition) is 4. The Morgan fingerprint density at radius 3 is 2.79 bits per heavy atom. The van der Waals surface area contributed by atoms with E-state index in [1.54, 1.807) is 19.2 Å². The predicted octanol–water partition coefficient (Wildman–Crippen LogP) is 5.50. The summed E-state index contributed by atoms with van der Waals surface area (Å²) in [5.74, 6) is -1.62. The number of fused-ring (bicyclic) bond motifs is 1. The van der Waals surface area contributed by atoms with Crippen LogP contribution in [0.2, 0.25) is 0 Å². The van der Waals surface area contributed by atoms with Gasteiger partial charge in [0.25, 0.3) is 0 Å². The summed E-state index contributed by atoms with van der Waals surface area (Å²) in [4.78, 5) is 25.3. The molecule has 2 heterocycles. The molecule has 2 aromatic carbocycles. The maximum Gasteiger partial charge on any atom is 0.346 e. The fourth-order valence-corrected chi connectivity index (χ4v) is 5.20. The van der Waals surface area contributed by atoms with E-state index in [9.17, 15) is 19.1 Å². The molecule has 148 valence electrons. The first-order valence-corrected chi connectivity index (χ1v) is 10.3. The minimum Gasteiger partial charge on any atom is -0.496 e. The minimum absolute atomic E-state index is 0.0572. The molecular formula is C21H15BrFNO4S. The number of rotatable bonds is 4. The van der Waals surface area contributed by atoms with Crippen molar-refractivity contribution < 1.29 is 23.8 Å². The van der Waals surface area contributed by atoms with E-state index in [4.69, 9.17) is 4.74 Å². The Bertz CT molecular complexity index is 1140. The highest BCUT2D eigenvalue weighted by Crippen LogP contribution is 2.51. The lowest BCUT2D eigenvalue weighted by atomic mass is 9.88. The van der Waals surface area contributed by atoms with Crippen LogP contribution in [-0.4, -0.2) is 24.1 Å². The molecule has 1 amide bonds. The first-order valence-electron chi connectivity index (χ1n) is 8.68. The van der Waals surface area contributed by atoms with Gasteiger partial charge in [-0.3, -0.25) is 4.79 Å². The van der Waals surface area contributed by atoms with Crippen molar-refractivity contribution in [2.45, 2.75) is 12.3 Å². The highest BCUT2D eigenvalue weighted by Gasteiger charge is 2.35. The molecule has 2 N–H and O–H groups in total. The molecule has 1 aromatic heterocycles.